The number of esters is 1. The second-order valence-electron chi connectivity index (χ2n) is 18.2. The van der Waals surface area contributed by atoms with Crippen LogP contribution in [0.1, 0.15) is 284 Å². The van der Waals surface area contributed by atoms with Crippen LogP contribution in [0.25, 0.3) is 0 Å². The molecule has 0 aromatic carbocycles. The lowest BCUT2D eigenvalue weighted by molar-refractivity contribution is -0.143. The van der Waals surface area contributed by atoms with Crippen molar-refractivity contribution in [3.05, 3.63) is 24.3 Å². The quantitative estimate of drug-likeness (QED) is 0.0322. The molecule has 0 rings (SSSR count). The fraction of sp³-hybridized carbons (Fsp3) is 0.889. The molecule has 60 heavy (non-hydrogen) atoms. The van der Waals surface area contributed by atoms with E-state index in [-0.39, 0.29) is 18.5 Å². The lowest BCUT2D eigenvalue weighted by atomic mass is 10.0. The minimum Gasteiger partial charge on any atom is -0.466 e. The number of carbonyl (C=O) groups is 2. The number of ether oxygens (including phenoxy) is 1. The summed E-state index contributed by atoms with van der Waals surface area (Å²) < 4.78 is 5.45. The maximum Gasteiger partial charge on any atom is 0.305 e. The summed E-state index contributed by atoms with van der Waals surface area (Å²) in [6.45, 7) is 4.88. The summed E-state index contributed by atoms with van der Waals surface area (Å²) in [6.07, 6.45) is 59.0. The first kappa shape index (κ1) is 58.3. The van der Waals surface area contributed by atoms with Crippen molar-refractivity contribution >= 4 is 11.9 Å². The van der Waals surface area contributed by atoms with Gasteiger partial charge < -0.3 is 20.3 Å². The van der Waals surface area contributed by atoms with Crippen molar-refractivity contribution in [2.45, 2.75) is 296 Å². The van der Waals surface area contributed by atoms with Gasteiger partial charge in [-0.15, -0.1) is 0 Å². The van der Waals surface area contributed by atoms with E-state index < -0.39 is 12.1 Å². The number of carbonyl (C=O) groups excluding carboxylic acids is 2. The molecule has 2 unspecified atom stereocenters. The van der Waals surface area contributed by atoms with Gasteiger partial charge in [-0.1, -0.05) is 237 Å². The summed E-state index contributed by atoms with van der Waals surface area (Å²) in [5.41, 5.74) is 0. The zero-order chi connectivity index (χ0) is 43.7. The molecule has 0 saturated carbocycles. The van der Waals surface area contributed by atoms with Gasteiger partial charge in [-0.05, 0) is 57.8 Å². The van der Waals surface area contributed by atoms with Crippen LogP contribution < -0.4 is 5.32 Å². The molecule has 6 nitrogen and oxygen atoms in total. The van der Waals surface area contributed by atoms with Crippen molar-refractivity contribution < 1.29 is 24.5 Å². The summed E-state index contributed by atoms with van der Waals surface area (Å²) in [4.78, 5) is 24.4. The number of nitrogens with one attached hydrogen (secondary N) is 1. The van der Waals surface area contributed by atoms with Crippen molar-refractivity contribution in [2.24, 2.45) is 0 Å². The van der Waals surface area contributed by atoms with Crippen molar-refractivity contribution in [2.75, 3.05) is 13.2 Å². The molecular formula is C54H103NO5. The van der Waals surface area contributed by atoms with Gasteiger partial charge in [0.25, 0.3) is 0 Å². The molecular weight excluding hydrogens is 743 g/mol. The Bertz CT molecular complexity index is 935. The molecule has 0 aliphatic rings. The topological polar surface area (TPSA) is 95.9 Å². The summed E-state index contributed by atoms with van der Waals surface area (Å²) in [6, 6.07) is -0.632. The molecule has 3 N–H and O–H groups in total. The third kappa shape index (κ3) is 45.9. The minimum atomic E-state index is -0.848. The van der Waals surface area contributed by atoms with Crippen molar-refractivity contribution in [1.29, 1.82) is 0 Å². The van der Waals surface area contributed by atoms with Crippen LogP contribution in [0.4, 0.5) is 0 Å². The first-order chi connectivity index (χ1) is 29.5. The second kappa shape index (κ2) is 50.0. The first-order valence-electron chi connectivity index (χ1n) is 26.6. The third-order valence-electron chi connectivity index (χ3n) is 12.2. The number of rotatable bonds is 49. The fourth-order valence-corrected chi connectivity index (χ4v) is 8.10. The van der Waals surface area contributed by atoms with Crippen LogP contribution in [0.15, 0.2) is 24.3 Å². The minimum absolute atomic E-state index is 0.00486. The van der Waals surface area contributed by atoms with E-state index in [1.807, 2.05) is 6.08 Å². The Balaban J connectivity index is 3.45. The maximum atomic E-state index is 12.4. The summed E-state index contributed by atoms with van der Waals surface area (Å²) in [5.74, 6) is -0.0725. The molecule has 0 radical (unpaired) electrons. The smallest absolute Gasteiger partial charge is 0.305 e. The second-order valence-corrected chi connectivity index (χ2v) is 18.2. The van der Waals surface area contributed by atoms with Gasteiger partial charge in [-0.3, -0.25) is 9.59 Å². The molecule has 0 aromatic heterocycles. The van der Waals surface area contributed by atoms with Gasteiger partial charge in [-0.25, -0.2) is 0 Å². The first-order valence-corrected chi connectivity index (χ1v) is 26.6. The molecule has 0 aliphatic carbocycles. The standard InChI is InChI=1S/C54H103NO5/c1-3-5-7-9-11-13-15-27-30-34-38-42-46-52(57)51(50-56)55-53(58)47-43-39-35-31-28-24-22-20-18-16-17-19-21-23-25-29-33-37-41-45-49-60-54(59)48-44-40-36-32-26-14-12-10-8-6-4-2/h16,18,42,46,51-52,56-57H,3-15,17,19-41,43-45,47-50H2,1-2H3,(H,55,58)/b18-16-,46-42+. The number of allylic oxidation sites excluding steroid dienone is 3. The SMILES string of the molecule is CCCCCCCCCCCC/C=C/C(O)C(CO)NC(=O)CCCCCCCCC/C=C\CCCCCCCCCCCOC(=O)CCCCCCCCCCCCC. The van der Waals surface area contributed by atoms with Crippen molar-refractivity contribution in [3.63, 3.8) is 0 Å². The van der Waals surface area contributed by atoms with Gasteiger partial charge in [0.1, 0.15) is 0 Å². The molecule has 6 heteroatoms. The monoisotopic (exact) mass is 846 g/mol. The van der Waals surface area contributed by atoms with Crippen LogP contribution in [-0.2, 0) is 14.3 Å². The lowest BCUT2D eigenvalue weighted by Gasteiger charge is -2.20. The number of hydrogen-bond acceptors (Lipinski definition) is 5. The van der Waals surface area contributed by atoms with Crippen LogP contribution in [0.2, 0.25) is 0 Å². The van der Waals surface area contributed by atoms with E-state index in [2.05, 4.69) is 31.3 Å². The molecule has 2 atom stereocenters. The molecule has 0 spiro atoms. The third-order valence-corrected chi connectivity index (χ3v) is 12.2. The van der Waals surface area contributed by atoms with Crippen LogP contribution in [0.3, 0.4) is 0 Å². The van der Waals surface area contributed by atoms with E-state index in [0.29, 0.717) is 19.4 Å². The average Bonchev–Trinajstić information content (AvgIpc) is 3.25. The highest BCUT2D eigenvalue weighted by Crippen LogP contribution is 2.16. The number of aliphatic hydroxyl groups is 2. The van der Waals surface area contributed by atoms with Crippen LogP contribution in [-0.4, -0.2) is 47.4 Å². The molecule has 0 fully saturated rings. The molecule has 0 aliphatic heterocycles. The van der Waals surface area contributed by atoms with Crippen molar-refractivity contribution in [1.82, 2.24) is 5.32 Å². The fourth-order valence-electron chi connectivity index (χ4n) is 8.10. The Morgan fingerprint density at radius 2 is 0.783 bits per heavy atom. The Morgan fingerprint density at radius 1 is 0.450 bits per heavy atom. The van der Waals surface area contributed by atoms with Gasteiger partial charge in [0.2, 0.25) is 5.91 Å². The van der Waals surface area contributed by atoms with E-state index in [4.69, 9.17) is 4.74 Å². The average molecular weight is 846 g/mol. The highest BCUT2D eigenvalue weighted by atomic mass is 16.5. The van der Waals surface area contributed by atoms with Crippen LogP contribution >= 0.6 is 0 Å². The van der Waals surface area contributed by atoms with Gasteiger partial charge in [-0.2, -0.15) is 0 Å². The summed E-state index contributed by atoms with van der Waals surface area (Å²) in [7, 11) is 0. The Labute approximate surface area is 373 Å². The van der Waals surface area contributed by atoms with Crippen LogP contribution in [0.5, 0.6) is 0 Å². The van der Waals surface area contributed by atoms with E-state index >= 15 is 0 Å². The highest BCUT2D eigenvalue weighted by Gasteiger charge is 2.18. The molecule has 0 heterocycles. The molecule has 0 saturated heterocycles. The Morgan fingerprint density at radius 3 is 1.18 bits per heavy atom. The largest absolute Gasteiger partial charge is 0.466 e. The molecule has 354 valence electrons. The molecule has 0 aromatic rings. The predicted octanol–water partition coefficient (Wildman–Crippen LogP) is 15.9. The van der Waals surface area contributed by atoms with Gasteiger partial charge in [0.15, 0.2) is 0 Å². The van der Waals surface area contributed by atoms with E-state index in [1.54, 1.807) is 6.08 Å². The highest BCUT2D eigenvalue weighted by molar-refractivity contribution is 5.76. The van der Waals surface area contributed by atoms with Crippen molar-refractivity contribution in [3.8, 4) is 0 Å². The predicted molar refractivity (Wildman–Crippen MR) is 260 cm³/mol. The van der Waals surface area contributed by atoms with Gasteiger partial charge in [0.05, 0.1) is 25.4 Å². The van der Waals surface area contributed by atoms with E-state index in [0.717, 1.165) is 51.4 Å². The Kier molecular flexibility index (Phi) is 48.6. The maximum absolute atomic E-state index is 12.4. The lowest BCUT2D eigenvalue weighted by Crippen LogP contribution is -2.45. The zero-order valence-corrected chi connectivity index (χ0v) is 40.2. The number of hydrogen-bond donors (Lipinski definition) is 3. The molecule has 1 amide bonds. The normalized spacial score (nSPS) is 12.8. The van der Waals surface area contributed by atoms with Crippen LogP contribution in [0, 0.1) is 0 Å². The number of aliphatic hydroxyl groups excluding tert-OH is 2. The zero-order valence-electron chi connectivity index (χ0n) is 40.2. The van der Waals surface area contributed by atoms with E-state index in [9.17, 15) is 19.8 Å². The summed E-state index contributed by atoms with van der Waals surface area (Å²) >= 11 is 0. The molecule has 0 bridgehead atoms. The Hall–Kier alpha value is -1.66. The van der Waals surface area contributed by atoms with Gasteiger partial charge in [0, 0.05) is 12.8 Å². The summed E-state index contributed by atoms with van der Waals surface area (Å²) in [5, 5.41) is 23.0. The number of amides is 1. The van der Waals surface area contributed by atoms with Gasteiger partial charge >= 0.3 is 5.97 Å². The van der Waals surface area contributed by atoms with E-state index in [1.165, 1.54) is 205 Å². The number of unbranched alkanes of at least 4 members (excludes halogenated alkanes) is 36.